The Morgan fingerprint density at radius 1 is 1.03 bits per heavy atom. The fraction of sp³-hybridized carbons (Fsp3) is 0.409. The van der Waals surface area contributed by atoms with Crippen LogP contribution >= 0.6 is 0 Å². The van der Waals surface area contributed by atoms with Crippen molar-refractivity contribution in [3.8, 4) is 11.5 Å². The molecule has 1 aliphatic rings. The maximum absolute atomic E-state index is 13.1. The number of amides is 1. The summed E-state index contributed by atoms with van der Waals surface area (Å²) < 4.78 is 38.5. The second kappa shape index (κ2) is 9.95. The highest BCUT2D eigenvalue weighted by atomic mass is 32.2. The van der Waals surface area contributed by atoms with Gasteiger partial charge in [-0.05, 0) is 49.6 Å². The minimum absolute atomic E-state index is 0.139. The molecule has 1 saturated heterocycles. The number of ether oxygens (including phenoxy) is 2. The molecule has 0 radical (unpaired) electrons. The fourth-order valence-corrected chi connectivity index (χ4v) is 4.97. The molecular weight excluding hydrogens is 404 g/mol. The summed E-state index contributed by atoms with van der Waals surface area (Å²) in [5, 5.41) is 2.71. The quantitative estimate of drug-likeness (QED) is 0.723. The topological polar surface area (TPSA) is 84.9 Å². The van der Waals surface area contributed by atoms with Crippen LogP contribution in [0.1, 0.15) is 31.2 Å². The zero-order chi connectivity index (χ0) is 21.6. The highest BCUT2D eigenvalue weighted by Gasteiger charge is 2.26. The van der Waals surface area contributed by atoms with E-state index in [1.165, 1.54) is 23.5 Å². The van der Waals surface area contributed by atoms with E-state index in [1.807, 2.05) is 25.1 Å². The lowest BCUT2D eigenvalue weighted by Gasteiger charge is -2.21. The smallest absolute Gasteiger partial charge is 0.262 e. The predicted octanol–water partition coefficient (Wildman–Crippen LogP) is 3.59. The minimum Gasteiger partial charge on any atom is -0.495 e. The van der Waals surface area contributed by atoms with Crippen LogP contribution in [0.3, 0.4) is 0 Å². The largest absolute Gasteiger partial charge is 0.495 e. The van der Waals surface area contributed by atoms with Crippen LogP contribution in [-0.4, -0.2) is 45.4 Å². The number of aryl methyl sites for hydroxylation is 1. The molecule has 30 heavy (non-hydrogen) atoms. The number of sulfonamides is 1. The molecule has 3 rings (SSSR count). The molecule has 8 heteroatoms. The second-order valence-electron chi connectivity index (χ2n) is 7.28. The van der Waals surface area contributed by atoms with Gasteiger partial charge in [-0.3, -0.25) is 4.79 Å². The number of rotatable bonds is 7. The van der Waals surface area contributed by atoms with Crippen molar-refractivity contribution in [2.24, 2.45) is 0 Å². The van der Waals surface area contributed by atoms with Gasteiger partial charge in [-0.15, -0.1) is 0 Å². The minimum atomic E-state index is -3.63. The van der Waals surface area contributed by atoms with Gasteiger partial charge >= 0.3 is 0 Å². The summed E-state index contributed by atoms with van der Waals surface area (Å²) in [6, 6.07) is 11.9. The monoisotopic (exact) mass is 432 g/mol. The van der Waals surface area contributed by atoms with Gasteiger partial charge in [0.1, 0.15) is 11.5 Å². The molecule has 1 amide bonds. The Bertz CT molecular complexity index is 983. The van der Waals surface area contributed by atoms with Crippen LogP contribution in [0.2, 0.25) is 0 Å². The van der Waals surface area contributed by atoms with Crippen LogP contribution in [0, 0.1) is 6.92 Å². The van der Waals surface area contributed by atoms with Crippen LogP contribution in [0.4, 0.5) is 5.69 Å². The van der Waals surface area contributed by atoms with E-state index < -0.39 is 15.9 Å². The van der Waals surface area contributed by atoms with E-state index in [4.69, 9.17) is 9.47 Å². The molecular formula is C22H28N2O5S. The maximum Gasteiger partial charge on any atom is 0.262 e. The van der Waals surface area contributed by atoms with Gasteiger partial charge < -0.3 is 14.8 Å². The number of nitrogens with one attached hydrogen (secondary N) is 1. The van der Waals surface area contributed by atoms with Gasteiger partial charge in [0.05, 0.1) is 17.7 Å². The standard InChI is InChI=1S/C22H28N2O5S/c1-17-9-5-6-10-20(17)29-16-22(25)23-19-15-18(11-12-21(19)28-2)30(26,27)24-13-7-3-4-8-14-24/h5-6,9-12,15H,3-4,7-8,13-14,16H2,1-2H3,(H,23,25). The van der Waals surface area contributed by atoms with Gasteiger partial charge in [-0.25, -0.2) is 8.42 Å². The number of carbonyl (C=O) groups excluding carboxylic acids is 1. The summed E-state index contributed by atoms with van der Waals surface area (Å²) in [4.78, 5) is 12.6. The molecule has 1 N–H and O–H groups in total. The first-order chi connectivity index (χ1) is 14.4. The Morgan fingerprint density at radius 3 is 2.40 bits per heavy atom. The molecule has 1 heterocycles. The van der Waals surface area contributed by atoms with E-state index in [2.05, 4.69) is 5.32 Å². The van der Waals surface area contributed by atoms with Crippen LogP contribution in [0.25, 0.3) is 0 Å². The lowest BCUT2D eigenvalue weighted by atomic mass is 10.2. The van der Waals surface area contributed by atoms with Crippen molar-refractivity contribution in [3.05, 3.63) is 48.0 Å². The van der Waals surface area contributed by atoms with Crippen molar-refractivity contribution >= 4 is 21.6 Å². The van der Waals surface area contributed by atoms with Crippen LogP contribution in [-0.2, 0) is 14.8 Å². The molecule has 2 aromatic rings. The summed E-state index contributed by atoms with van der Waals surface area (Å²) in [5.41, 5.74) is 1.22. The molecule has 0 aromatic heterocycles. The summed E-state index contributed by atoms with van der Waals surface area (Å²) in [6.07, 6.45) is 3.79. The third-order valence-electron chi connectivity index (χ3n) is 5.10. The van der Waals surface area contributed by atoms with Crippen molar-refractivity contribution in [3.63, 3.8) is 0 Å². The molecule has 162 valence electrons. The SMILES string of the molecule is COc1ccc(S(=O)(=O)N2CCCCCC2)cc1NC(=O)COc1ccccc1C. The number of hydrogen-bond donors (Lipinski definition) is 1. The molecule has 0 aliphatic carbocycles. The maximum atomic E-state index is 13.1. The van der Waals surface area contributed by atoms with Gasteiger partial charge in [0, 0.05) is 13.1 Å². The summed E-state index contributed by atoms with van der Waals surface area (Å²) >= 11 is 0. The first kappa shape index (κ1) is 22.1. The first-order valence-corrected chi connectivity index (χ1v) is 11.5. The normalized spacial score (nSPS) is 15.3. The Morgan fingerprint density at radius 2 is 1.73 bits per heavy atom. The number of anilines is 1. The van der Waals surface area contributed by atoms with Crippen molar-refractivity contribution < 1.29 is 22.7 Å². The molecule has 1 aliphatic heterocycles. The van der Waals surface area contributed by atoms with Crippen molar-refractivity contribution in [1.29, 1.82) is 0 Å². The lowest BCUT2D eigenvalue weighted by Crippen LogP contribution is -2.32. The Balaban J connectivity index is 1.75. The second-order valence-corrected chi connectivity index (χ2v) is 9.22. The van der Waals surface area contributed by atoms with Gasteiger partial charge in [-0.1, -0.05) is 31.0 Å². The Hall–Kier alpha value is -2.58. The first-order valence-electron chi connectivity index (χ1n) is 10.1. The number of methoxy groups -OCH3 is 1. The number of carbonyl (C=O) groups is 1. The fourth-order valence-electron chi connectivity index (χ4n) is 3.42. The molecule has 7 nitrogen and oxygen atoms in total. The molecule has 2 aromatic carbocycles. The molecule has 0 atom stereocenters. The molecule has 0 spiro atoms. The predicted molar refractivity (Wildman–Crippen MR) is 116 cm³/mol. The summed E-state index contributed by atoms with van der Waals surface area (Å²) in [5.74, 6) is 0.604. The van der Waals surface area contributed by atoms with Crippen molar-refractivity contribution in [1.82, 2.24) is 4.31 Å². The van der Waals surface area contributed by atoms with Gasteiger partial charge in [0.2, 0.25) is 10.0 Å². The zero-order valence-corrected chi connectivity index (χ0v) is 18.2. The third-order valence-corrected chi connectivity index (χ3v) is 6.99. The van der Waals surface area contributed by atoms with Crippen LogP contribution in [0.15, 0.2) is 47.4 Å². The average molecular weight is 433 g/mol. The van der Waals surface area contributed by atoms with E-state index in [1.54, 1.807) is 12.1 Å². The molecule has 0 bridgehead atoms. The van der Waals surface area contributed by atoms with E-state index in [-0.39, 0.29) is 11.5 Å². The Labute approximate surface area is 178 Å². The molecule has 1 fully saturated rings. The Kier molecular flexibility index (Phi) is 7.33. The highest BCUT2D eigenvalue weighted by molar-refractivity contribution is 7.89. The summed E-state index contributed by atoms with van der Waals surface area (Å²) in [7, 11) is -2.16. The van der Waals surface area contributed by atoms with E-state index in [9.17, 15) is 13.2 Å². The number of benzene rings is 2. The molecule has 0 saturated carbocycles. The van der Waals surface area contributed by atoms with Gasteiger partial charge in [0.25, 0.3) is 5.91 Å². The lowest BCUT2D eigenvalue weighted by molar-refractivity contribution is -0.118. The number of nitrogens with zero attached hydrogens (tertiary/aromatic N) is 1. The van der Waals surface area contributed by atoms with Crippen molar-refractivity contribution in [2.75, 3.05) is 32.1 Å². The van der Waals surface area contributed by atoms with E-state index in [0.717, 1.165) is 31.2 Å². The number of para-hydroxylation sites is 1. The third kappa shape index (κ3) is 5.31. The molecule has 0 unspecified atom stereocenters. The van der Waals surface area contributed by atoms with Gasteiger partial charge in [-0.2, -0.15) is 4.31 Å². The zero-order valence-electron chi connectivity index (χ0n) is 17.4. The van der Waals surface area contributed by atoms with E-state index in [0.29, 0.717) is 30.3 Å². The average Bonchev–Trinajstić information content (AvgIpc) is 3.03. The number of hydrogen-bond acceptors (Lipinski definition) is 5. The summed E-state index contributed by atoms with van der Waals surface area (Å²) in [6.45, 7) is 2.73. The van der Waals surface area contributed by atoms with Crippen LogP contribution < -0.4 is 14.8 Å². The van der Waals surface area contributed by atoms with Crippen molar-refractivity contribution in [2.45, 2.75) is 37.5 Å². The highest BCUT2D eigenvalue weighted by Crippen LogP contribution is 2.30. The van der Waals surface area contributed by atoms with E-state index >= 15 is 0 Å². The van der Waals surface area contributed by atoms with Gasteiger partial charge in [0.15, 0.2) is 6.61 Å². The van der Waals surface area contributed by atoms with Crippen LogP contribution in [0.5, 0.6) is 11.5 Å².